The van der Waals surface area contributed by atoms with Gasteiger partial charge in [0.1, 0.15) is 6.04 Å². The molecule has 0 fully saturated rings. The number of nitrogens with one attached hydrogen (secondary N) is 1. The van der Waals surface area contributed by atoms with Crippen molar-refractivity contribution >= 4 is 23.4 Å². The van der Waals surface area contributed by atoms with E-state index in [9.17, 15) is 9.59 Å². The van der Waals surface area contributed by atoms with Gasteiger partial charge >= 0.3 is 0 Å². The summed E-state index contributed by atoms with van der Waals surface area (Å²) in [6.45, 7) is 1.84. The number of halogens is 1. The van der Waals surface area contributed by atoms with Gasteiger partial charge in [0.05, 0.1) is 0 Å². The Labute approximate surface area is 147 Å². The summed E-state index contributed by atoms with van der Waals surface area (Å²) in [5.74, 6) is -0.322. The standard InChI is InChI=1S/C19H21ClN2O2/c1-14(23)22(13-16-8-10-17(20)11-9-16)18(19(24)21-2)12-15-6-4-3-5-7-15/h3-11,18H,12-13H2,1-2H3,(H,21,24)/t18-/m1/s1. The van der Waals surface area contributed by atoms with Crippen LogP contribution in [0.15, 0.2) is 54.6 Å². The topological polar surface area (TPSA) is 49.4 Å². The van der Waals surface area contributed by atoms with Crippen LogP contribution in [0.1, 0.15) is 18.1 Å². The summed E-state index contributed by atoms with van der Waals surface area (Å²) in [6, 6.07) is 16.4. The molecule has 0 saturated heterocycles. The van der Waals surface area contributed by atoms with Gasteiger partial charge in [-0.25, -0.2) is 0 Å². The van der Waals surface area contributed by atoms with Crippen LogP contribution in [-0.2, 0) is 22.6 Å². The Morgan fingerprint density at radius 3 is 2.21 bits per heavy atom. The molecule has 5 heteroatoms. The lowest BCUT2D eigenvalue weighted by Gasteiger charge is -2.30. The quantitative estimate of drug-likeness (QED) is 0.875. The molecule has 0 bridgehead atoms. The second-order valence-electron chi connectivity index (χ2n) is 5.59. The average Bonchev–Trinajstić information content (AvgIpc) is 2.59. The highest BCUT2D eigenvalue weighted by Crippen LogP contribution is 2.16. The van der Waals surface area contributed by atoms with E-state index in [1.165, 1.54) is 6.92 Å². The zero-order valence-electron chi connectivity index (χ0n) is 13.8. The van der Waals surface area contributed by atoms with Crippen molar-refractivity contribution in [3.8, 4) is 0 Å². The van der Waals surface area contributed by atoms with E-state index < -0.39 is 6.04 Å². The zero-order chi connectivity index (χ0) is 17.5. The maximum absolute atomic E-state index is 12.4. The minimum atomic E-state index is -0.564. The van der Waals surface area contributed by atoms with E-state index in [4.69, 9.17) is 11.6 Å². The number of benzene rings is 2. The van der Waals surface area contributed by atoms with Gasteiger partial charge in [-0.1, -0.05) is 54.1 Å². The highest BCUT2D eigenvalue weighted by Gasteiger charge is 2.27. The molecule has 4 nitrogen and oxygen atoms in total. The first-order valence-electron chi connectivity index (χ1n) is 7.78. The van der Waals surface area contributed by atoms with Gasteiger partial charge in [-0.15, -0.1) is 0 Å². The number of rotatable bonds is 6. The normalized spacial score (nSPS) is 11.6. The van der Waals surface area contributed by atoms with Gasteiger partial charge < -0.3 is 10.2 Å². The van der Waals surface area contributed by atoms with Crippen molar-refractivity contribution in [1.82, 2.24) is 10.2 Å². The molecule has 2 aromatic rings. The van der Waals surface area contributed by atoms with Crippen molar-refractivity contribution < 1.29 is 9.59 Å². The predicted molar refractivity (Wildman–Crippen MR) is 95.7 cm³/mol. The highest BCUT2D eigenvalue weighted by molar-refractivity contribution is 6.30. The number of likely N-dealkylation sites (N-methyl/N-ethyl adjacent to an activating group) is 1. The summed E-state index contributed by atoms with van der Waals surface area (Å²) < 4.78 is 0. The Morgan fingerprint density at radius 1 is 1.04 bits per heavy atom. The second-order valence-corrected chi connectivity index (χ2v) is 6.03. The van der Waals surface area contributed by atoms with E-state index in [-0.39, 0.29) is 11.8 Å². The van der Waals surface area contributed by atoms with Crippen molar-refractivity contribution in [2.75, 3.05) is 7.05 Å². The molecule has 0 saturated carbocycles. The molecule has 2 aromatic carbocycles. The van der Waals surface area contributed by atoms with Crippen LogP contribution in [0.5, 0.6) is 0 Å². The van der Waals surface area contributed by atoms with Crippen LogP contribution in [0.3, 0.4) is 0 Å². The predicted octanol–water partition coefficient (Wildman–Crippen LogP) is 3.05. The Bertz CT molecular complexity index is 686. The smallest absolute Gasteiger partial charge is 0.242 e. The van der Waals surface area contributed by atoms with E-state index in [2.05, 4.69) is 5.32 Å². The molecular formula is C19H21ClN2O2. The molecule has 1 atom stereocenters. The van der Waals surface area contributed by atoms with Gasteiger partial charge in [0, 0.05) is 32.0 Å². The molecule has 0 aliphatic rings. The first-order chi connectivity index (χ1) is 11.5. The number of hydrogen-bond acceptors (Lipinski definition) is 2. The zero-order valence-corrected chi connectivity index (χ0v) is 14.6. The SMILES string of the molecule is CNC(=O)[C@@H](Cc1ccccc1)N(Cc1ccc(Cl)cc1)C(C)=O. The fourth-order valence-electron chi connectivity index (χ4n) is 2.58. The molecule has 0 radical (unpaired) electrons. The van der Waals surface area contributed by atoms with E-state index in [0.29, 0.717) is 18.0 Å². The largest absolute Gasteiger partial charge is 0.357 e. The molecule has 0 aliphatic carbocycles. The molecule has 0 aliphatic heterocycles. The molecule has 126 valence electrons. The number of nitrogens with zero attached hydrogens (tertiary/aromatic N) is 1. The van der Waals surface area contributed by atoms with E-state index in [0.717, 1.165) is 11.1 Å². The van der Waals surface area contributed by atoms with Gasteiger partial charge in [-0.05, 0) is 23.3 Å². The van der Waals surface area contributed by atoms with Crippen molar-refractivity contribution in [3.05, 3.63) is 70.7 Å². The third-order valence-electron chi connectivity index (χ3n) is 3.87. The summed E-state index contributed by atoms with van der Waals surface area (Å²) in [7, 11) is 1.58. The first kappa shape index (κ1) is 18.0. The Kier molecular flexibility index (Phi) is 6.38. The van der Waals surface area contributed by atoms with Crippen LogP contribution in [0.25, 0.3) is 0 Å². The summed E-state index contributed by atoms with van der Waals surface area (Å²) in [6.07, 6.45) is 0.466. The minimum Gasteiger partial charge on any atom is -0.357 e. The lowest BCUT2D eigenvalue weighted by Crippen LogP contribution is -2.49. The third kappa shape index (κ3) is 4.83. The third-order valence-corrected chi connectivity index (χ3v) is 4.12. The number of amides is 2. The van der Waals surface area contributed by atoms with Gasteiger partial charge in [0.25, 0.3) is 0 Å². The van der Waals surface area contributed by atoms with Crippen molar-refractivity contribution in [1.29, 1.82) is 0 Å². The fourth-order valence-corrected chi connectivity index (χ4v) is 2.70. The summed E-state index contributed by atoms with van der Waals surface area (Å²) in [5.41, 5.74) is 1.94. The molecule has 0 spiro atoms. The van der Waals surface area contributed by atoms with Crippen LogP contribution >= 0.6 is 11.6 Å². The summed E-state index contributed by atoms with van der Waals surface area (Å²) in [5, 5.41) is 3.30. The Hall–Kier alpha value is -2.33. The van der Waals surface area contributed by atoms with Crippen LogP contribution < -0.4 is 5.32 Å². The number of carbonyl (C=O) groups excluding carboxylic acids is 2. The lowest BCUT2D eigenvalue weighted by atomic mass is 10.0. The van der Waals surface area contributed by atoms with Crippen molar-refractivity contribution in [3.63, 3.8) is 0 Å². The first-order valence-corrected chi connectivity index (χ1v) is 8.16. The maximum Gasteiger partial charge on any atom is 0.242 e. The van der Waals surface area contributed by atoms with Crippen LogP contribution in [0.4, 0.5) is 0 Å². The van der Waals surface area contributed by atoms with E-state index in [1.54, 1.807) is 24.1 Å². The second kappa shape index (κ2) is 8.50. The van der Waals surface area contributed by atoms with Gasteiger partial charge in [0.15, 0.2) is 0 Å². The highest BCUT2D eigenvalue weighted by atomic mass is 35.5. The Morgan fingerprint density at radius 2 is 1.67 bits per heavy atom. The number of carbonyl (C=O) groups is 2. The van der Waals surface area contributed by atoms with Gasteiger partial charge in [-0.3, -0.25) is 9.59 Å². The molecule has 0 heterocycles. The van der Waals surface area contributed by atoms with Gasteiger partial charge in [-0.2, -0.15) is 0 Å². The van der Waals surface area contributed by atoms with Crippen molar-refractivity contribution in [2.24, 2.45) is 0 Å². The molecule has 0 unspecified atom stereocenters. The summed E-state index contributed by atoms with van der Waals surface area (Å²) in [4.78, 5) is 26.2. The van der Waals surface area contributed by atoms with Crippen LogP contribution in [-0.4, -0.2) is 29.8 Å². The fraction of sp³-hybridized carbons (Fsp3) is 0.263. The molecule has 2 rings (SSSR count). The minimum absolute atomic E-state index is 0.144. The molecular weight excluding hydrogens is 324 g/mol. The lowest BCUT2D eigenvalue weighted by molar-refractivity contribution is -0.139. The molecule has 0 aromatic heterocycles. The van der Waals surface area contributed by atoms with E-state index in [1.807, 2.05) is 42.5 Å². The number of hydrogen-bond donors (Lipinski definition) is 1. The molecule has 2 amide bonds. The van der Waals surface area contributed by atoms with Crippen LogP contribution in [0, 0.1) is 0 Å². The van der Waals surface area contributed by atoms with E-state index >= 15 is 0 Å². The maximum atomic E-state index is 12.4. The monoisotopic (exact) mass is 344 g/mol. The summed E-state index contributed by atoms with van der Waals surface area (Å²) >= 11 is 5.91. The Balaban J connectivity index is 2.26. The molecule has 24 heavy (non-hydrogen) atoms. The van der Waals surface area contributed by atoms with Crippen molar-refractivity contribution in [2.45, 2.75) is 25.9 Å². The molecule has 1 N–H and O–H groups in total. The van der Waals surface area contributed by atoms with Crippen LogP contribution in [0.2, 0.25) is 5.02 Å². The van der Waals surface area contributed by atoms with Gasteiger partial charge in [0.2, 0.25) is 11.8 Å². The average molecular weight is 345 g/mol.